The lowest BCUT2D eigenvalue weighted by Gasteiger charge is -2.27. The molecule has 2 aliphatic rings. The molecule has 3 N–H and O–H groups in total. The summed E-state index contributed by atoms with van der Waals surface area (Å²) in [6.07, 6.45) is 4.81. The van der Waals surface area contributed by atoms with Crippen LogP contribution in [0.5, 0.6) is 0 Å². The fourth-order valence-corrected chi connectivity index (χ4v) is 5.01. The molecule has 2 aromatic heterocycles. The van der Waals surface area contributed by atoms with Gasteiger partial charge in [-0.05, 0) is 38.3 Å². The fraction of sp³-hybridized carbons (Fsp3) is 0.647. The number of hydrogen-bond acceptors (Lipinski definition) is 7. The van der Waals surface area contributed by atoms with Gasteiger partial charge in [-0.2, -0.15) is 0 Å². The van der Waals surface area contributed by atoms with Gasteiger partial charge in [0.05, 0.1) is 25.1 Å². The fourth-order valence-electron chi connectivity index (χ4n) is 3.72. The van der Waals surface area contributed by atoms with Gasteiger partial charge in [-0.3, -0.25) is 4.90 Å². The predicted octanol–water partition coefficient (Wildman–Crippen LogP) is 1.57. The summed E-state index contributed by atoms with van der Waals surface area (Å²) in [5.74, 6) is 1.47. The highest BCUT2D eigenvalue weighted by atomic mass is 32.1. The number of rotatable bonds is 4. The third-order valence-electron chi connectivity index (χ3n) is 4.83. The molecule has 1 saturated heterocycles. The van der Waals surface area contributed by atoms with Crippen molar-refractivity contribution in [2.45, 2.75) is 38.3 Å². The molecule has 130 valence electrons. The van der Waals surface area contributed by atoms with E-state index < -0.39 is 0 Å². The van der Waals surface area contributed by atoms with Crippen molar-refractivity contribution >= 4 is 27.4 Å². The Balaban J connectivity index is 1.52. The lowest BCUT2D eigenvalue weighted by Crippen LogP contribution is -2.47. The smallest absolute Gasteiger partial charge is 0.146 e. The number of nitrogens with two attached hydrogens (primary N) is 1. The summed E-state index contributed by atoms with van der Waals surface area (Å²) in [6.45, 7) is 4.13. The Kier molecular flexibility index (Phi) is 4.67. The van der Waals surface area contributed by atoms with Crippen LogP contribution < -0.4 is 11.1 Å². The van der Waals surface area contributed by atoms with Crippen molar-refractivity contribution < 1.29 is 4.74 Å². The molecule has 7 heteroatoms. The first kappa shape index (κ1) is 16.2. The number of ether oxygens (including phenoxy) is 1. The second-order valence-corrected chi connectivity index (χ2v) is 7.92. The van der Waals surface area contributed by atoms with Crippen LogP contribution in [0.1, 0.15) is 29.1 Å². The van der Waals surface area contributed by atoms with Crippen LogP contribution in [0.2, 0.25) is 0 Å². The van der Waals surface area contributed by atoms with E-state index in [1.54, 1.807) is 0 Å². The summed E-state index contributed by atoms with van der Waals surface area (Å²) in [7, 11) is 2.10. The normalized spacial score (nSPS) is 21.3. The van der Waals surface area contributed by atoms with Gasteiger partial charge in [-0.25, -0.2) is 9.97 Å². The highest BCUT2D eigenvalue weighted by Crippen LogP contribution is 2.37. The first-order valence-electron chi connectivity index (χ1n) is 8.77. The van der Waals surface area contributed by atoms with Gasteiger partial charge in [0.25, 0.3) is 0 Å². The molecule has 0 spiro atoms. The zero-order valence-electron chi connectivity index (χ0n) is 14.2. The Morgan fingerprint density at radius 3 is 3.04 bits per heavy atom. The van der Waals surface area contributed by atoms with E-state index in [1.165, 1.54) is 29.7 Å². The molecule has 0 bridgehead atoms. The lowest BCUT2D eigenvalue weighted by molar-refractivity contribution is 0.0642. The molecule has 6 nitrogen and oxygen atoms in total. The number of fused-ring (bicyclic) bond motifs is 3. The van der Waals surface area contributed by atoms with Gasteiger partial charge in [0.15, 0.2) is 0 Å². The molecule has 0 amide bonds. The number of anilines is 1. The van der Waals surface area contributed by atoms with Crippen LogP contribution in [0.3, 0.4) is 0 Å². The summed E-state index contributed by atoms with van der Waals surface area (Å²) in [5, 5.41) is 4.59. The Morgan fingerprint density at radius 1 is 1.33 bits per heavy atom. The standard InChI is InChI=1S/C17H25N5OS/c1-22(8-11-10-23-7-6-19-11)9-14-20-16(18)15-12-4-2-3-5-13(12)24-17(15)21-14/h11,19H,2-10H2,1H3,(H2,18,20,21). The molecule has 3 heterocycles. The van der Waals surface area contributed by atoms with Crippen LogP contribution in [-0.4, -0.2) is 54.3 Å². The molecule has 1 fully saturated rings. The quantitative estimate of drug-likeness (QED) is 0.874. The SMILES string of the molecule is CN(Cc1nc(N)c2c3c(sc2n1)CCCC3)CC1COCCN1. The summed E-state index contributed by atoms with van der Waals surface area (Å²) >= 11 is 1.81. The number of nitrogen functional groups attached to an aromatic ring is 1. The molecule has 0 aromatic carbocycles. The number of nitrogens with zero attached hydrogens (tertiary/aromatic N) is 3. The molecule has 24 heavy (non-hydrogen) atoms. The molecule has 1 atom stereocenters. The van der Waals surface area contributed by atoms with Gasteiger partial charge in [-0.15, -0.1) is 11.3 Å². The third-order valence-corrected chi connectivity index (χ3v) is 6.02. The van der Waals surface area contributed by atoms with Crippen molar-refractivity contribution in [2.75, 3.05) is 39.1 Å². The molecular formula is C17H25N5OS. The van der Waals surface area contributed by atoms with Crippen LogP contribution in [-0.2, 0) is 24.1 Å². The van der Waals surface area contributed by atoms with Crippen LogP contribution in [0, 0.1) is 0 Å². The minimum atomic E-state index is 0.374. The van der Waals surface area contributed by atoms with Crippen molar-refractivity contribution in [3.8, 4) is 0 Å². The van der Waals surface area contributed by atoms with E-state index in [1.807, 2.05) is 11.3 Å². The zero-order chi connectivity index (χ0) is 16.5. The minimum absolute atomic E-state index is 0.374. The highest BCUT2D eigenvalue weighted by molar-refractivity contribution is 7.19. The second-order valence-electron chi connectivity index (χ2n) is 6.84. The number of morpholine rings is 1. The van der Waals surface area contributed by atoms with Crippen molar-refractivity contribution in [1.82, 2.24) is 20.2 Å². The van der Waals surface area contributed by atoms with E-state index >= 15 is 0 Å². The maximum absolute atomic E-state index is 6.29. The van der Waals surface area contributed by atoms with E-state index in [0.717, 1.165) is 48.8 Å². The van der Waals surface area contributed by atoms with E-state index in [-0.39, 0.29) is 0 Å². The number of nitrogens with one attached hydrogen (secondary N) is 1. The van der Waals surface area contributed by atoms with E-state index in [0.29, 0.717) is 18.4 Å². The third kappa shape index (κ3) is 3.26. The number of aromatic nitrogens is 2. The summed E-state index contributed by atoms with van der Waals surface area (Å²) in [5.41, 5.74) is 7.70. The van der Waals surface area contributed by atoms with Crippen molar-refractivity contribution in [3.63, 3.8) is 0 Å². The summed E-state index contributed by atoms with van der Waals surface area (Å²) in [4.78, 5) is 14.2. The molecule has 0 saturated carbocycles. The second kappa shape index (κ2) is 6.92. The first-order chi connectivity index (χ1) is 11.7. The first-order valence-corrected chi connectivity index (χ1v) is 9.58. The number of thiophene rings is 1. The van der Waals surface area contributed by atoms with E-state index in [2.05, 4.69) is 22.2 Å². The Hall–Kier alpha value is -1.28. The van der Waals surface area contributed by atoms with Gasteiger partial charge in [-0.1, -0.05) is 0 Å². The molecule has 1 aliphatic carbocycles. The Morgan fingerprint density at radius 2 is 2.21 bits per heavy atom. The highest BCUT2D eigenvalue weighted by Gasteiger charge is 2.21. The van der Waals surface area contributed by atoms with Crippen molar-refractivity contribution in [1.29, 1.82) is 0 Å². The topological polar surface area (TPSA) is 76.3 Å². The number of aryl methyl sites for hydroxylation is 2. The Labute approximate surface area is 146 Å². The van der Waals surface area contributed by atoms with Crippen molar-refractivity contribution in [2.24, 2.45) is 0 Å². The summed E-state index contributed by atoms with van der Waals surface area (Å²) < 4.78 is 5.52. The van der Waals surface area contributed by atoms with E-state index in [9.17, 15) is 0 Å². The van der Waals surface area contributed by atoms with Gasteiger partial charge >= 0.3 is 0 Å². The largest absolute Gasteiger partial charge is 0.383 e. The van der Waals surface area contributed by atoms with E-state index in [4.69, 9.17) is 15.5 Å². The zero-order valence-corrected chi connectivity index (χ0v) is 15.0. The maximum Gasteiger partial charge on any atom is 0.146 e. The summed E-state index contributed by atoms with van der Waals surface area (Å²) in [6, 6.07) is 0.374. The molecule has 2 aromatic rings. The number of hydrogen-bond donors (Lipinski definition) is 2. The van der Waals surface area contributed by atoms with Crippen LogP contribution in [0.25, 0.3) is 10.2 Å². The van der Waals surface area contributed by atoms with Gasteiger partial charge in [0.1, 0.15) is 16.5 Å². The lowest BCUT2D eigenvalue weighted by atomic mass is 9.97. The Bertz CT molecular complexity index is 725. The molecule has 0 radical (unpaired) electrons. The molecule has 1 unspecified atom stereocenters. The minimum Gasteiger partial charge on any atom is -0.383 e. The van der Waals surface area contributed by atoms with Crippen LogP contribution >= 0.6 is 11.3 Å². The van der Waals surface area contributed by atoms with Crippen LogP contribution in [0.4, 0.5) is 5.82 Å². The van der Waals surface area contributed by atoms with Crippen LogP contribution in [0.15, 0.2) is 0 Å². The monoisotopic (exact) mass is 347 g/mol. The average Bonchev–Trinajstić information content (AvgIpc) is 2.94. The number of likely N-dealkylation sites (N-methyl/N-ethyl adjacent to an activating group) is 1. The maximum atomic E-state index is 6.29. The van der Waals surface area contributed by atoms with Gasteiger partial charge in [0, 0.05) is 24.0 Å². The van der Waals surface area contributed by atoms with Gasteiger partial charge < -0.3 is 15.8 Å². The molecule has 1 aliphatic heterocycles. The van der Waals surface area contributed by atoms with Crippen molar-refractivity contribution in [3.05, 3.63) is 16.3 Å². The average molecular weight is 347 g/mol. The molecule has 4 rings (SSSR count). The predicted molar refractivity (Wildman–Crippen MR) is 97.4 cm³/mol. The van der Waals surface area contributed by atoms with Gasteiger partial charge in [0.2, 0.25) is 0 Å². The molecular weight excluding hydrogens is 322 g/mol.